The molecular formula is C19H19N3O6. The molecule has 146 valence electrons. The van der Waals surface area contributed by atoms with Gasteiger partial charge in [0.25, 0.3) is 0 Å². The van der Waals surface area contributed by atoms with E-state index in [1.54, 1.807) is 14.0 Å². The van der Waals surface area contributed by atoms with E-state index in [1.807, 2.05) is 24.3 Å². The zero-order chi connectivity index (χ0) is 19.9. The number of benzene rings is 1. The van der Waals surface area contributed by atoms with Crippen LogP contribution in [0.2, 0.25) is 0 Å². The third-order valence-corrected chi connectivity index (χ3v) is 3.87. The Kier molecular flexibility index (Phi) is 6.05. The Bertz CT molecular complexity index is 993. The summed E-state index contributed by atoms with van der Waals surface area (Å²) < 4.78 is 20.5. The van der Waals surface area contributed by atoms with E-state index >= 15 is 0 Å². The van der Waals surface area contributed by atoms with Gasteiger partial charge in [-0.3, -0.25) is 9.59 Å². The molecule has 0 atom stereocenters. The first-order chi connectivity index (χ1) is 13.6. The molecule has 1 N–H and O–H groups in total. The summed E-state index contributed by atoms with van der Waals surface area (Å²) in [6, 6.07) is 8.82. The van der Waals surface area contributed by atoms with Crippen LogP contribution < -0.4 is 20.2 Å². The van der Waals surface area contributed by atoms with Crippen molar-refractivity contribution in [1.29, 1.82) is 0 Å². The van der Waals surface area contributed by atoms with E-state index in [9.17, 15) is 9.59 Å². The number of aromatic nitrogens is 2. The molecule has 2 heterocycles. The van der Waals surface area contributed by atoms with Gasteiger partial charge in [0.05, 0.1) is 13.4 Å². The molecule has 9 heteroatoms. The molecule has 0 unspecified atom stereocenters. The summed E-state index contributed by atoms with van der Waals surface area (Å²) in [5.74, 6) is 0.665. The highest BCUT2D eigenvalue weighted by Crippen LogP contribution is 2.13. The zero-order valence-electron chi connectivity index (χ0n) is 15.4. The van der Waals surface area contributed by atoms with Crippen LogP contribution in [0.4, 0.5) is 0 Å². The lowest BCUT2D eigenvalue weighted by atomic mass is 10.1. The lowest BCUT2D eigenvalue weighted by Crippen LogP contribution is -2.26. The first-order valence-corrected chi connectivity index (χ1v) is 8.51. The number of nitrogens with zero attached hydrogens (tertiary/aromatic N) is 2. The summed E-state index contributed by atoms with van der Waals surface area (Å²) in [5.41, 5.74) is 0.738. The van der Waals surface area contributed by atoms with E-state index in [-0.39, 0.29) is 29.5 Å². The van der Waals surface area contributed by atoms with Gasteiger partial charge in [0, 0.05) is 12.6 Å². The molecule has 3 rings (SSSR count). The van der Waals surface area contributed by atoms with Crippen LogP contribution in [-0.4, -0.2) is 29.7 Å². The number of carbonyl (C=O) groups is 1. The highest BCUT2D eigenvalue weighted by Gasteiger charge is 2.16. The molecular weight excluding hydrogens is 366 g/mol. The van der Waals surface area contributed by atoms with Crippen molar-refractivity contribution in [3.05, 3.63) is 69.9 Å². The van der Waals surface area contributed by atoms with Gasteiger partial charge < -0.3 is 23.7 Å². The first kappa shape index (κ1) is 19.2. The minimum Gasteiger partial charge on any atom is -0.497 e. The van der Waals surface area contributed by atoms with Gasteiger partial charge in [0.1, 0.15) is 11.5 Å². The predicted molar refractivity (Wildman–Crippen MR) is 97.4 cm³/mol. The lowest BCUT2D eigenvalue weighted by Gasteiger charge is -2.04. The molecule has 1 amide bonds. The smallest absolute Gasteiger partial charge is 0.316 e. The Balaban J connectivity index is 1.50. The van der Waals surface area contributed by atoms with Crippen LogP contribution in [0.3, 0.4) is 0 Å². The fraction of sp³-hybridized carbons (Fsp3) is 0.263. The van der Waals surface area contributed by atoms with Crippen LogP contribution in [-0.2, 0) is 13.0 Å². The summed E-state index contributed by atoms with van der Waals surface area (Å²) in [7, 11) is 1.61. The Hall–Kier alpha value is -3.62. The molecule has 28 heavy (non-hydrogen) atoms. The fourth-order valence-corrected chi connectivity index (χ4v) is 2.40. The molecule has 0 fully saturated rings. The van der Waals surface area contributed by atoms with Crippen molar-refractivity contribution in [3.8, 4) is 11.5 Å². The average Bonchev–Trinajstić information content (AvgIpc) is 3.17. The number of aryl methyl sites for hydroxylation is 1. The van der Waals surface area contributed by atoms with Gasteiger partial charge in [-0.05, 0) is 31.0 Å². The van der Waals surface area contributed by atoms with Crippen molar-refractivity contribution < 1.29 is 23.2 Å². The quantitative estimate of drug-likeness (QED) is 0.625. The fourth-order valence-electron chi connectivity index (χ4n) is 2.40. The maximum absolute atomic E-state index is 12.1. The number of ether oxygens (including phenoxy) is 2. The van der Waals surface area contributed by atoms with E-state index < -0.39 is 5.91 Å². The van der Waals surface area contributed by atoms with Crippen LogP contribution in [0.1, 0.15) is 27.8 Å². The van der Waals surface area contributed by atoms with E-state index in [0.29, 0.717) is 18.7 Å². The van der Waals surface area contributed by atoms with E-state index in [4.69, 9.17) is 18.4 Å². The van der Waals surface area contributed by atoms with Gasteiger partial charge in [-0.2, -0.15) is 4.98 Å². The Morgan fingerprint density at radius 2 is 2.00 bits per heavy atom. The Morgan fingerprint density at radius 3 is 2.71 bits per heavy atom. The summed E-state index contributed by atoms with van der Waals surface area (Å²) in [5, 5.41) is 6.39. The zero-order valence-corrected chi connectivity index (χ0v) is 15.4. The molecule has 0 bridgehead atoms. The maximum Gasteiger partial charge on any atom is 0.316 e. The second-order valence-electron chi connectivity index (χ2n) is 5.83. The van der Waals surface area contributed by atoms with Crippen LogP contribution in [0.25, 0.3) is 0 Å². The van der Waals surface area contributed by atoms with E-state index in [0.717, 1.165) is 11.3 Å². The number of carbonyl (C=O) groups excluding carboxylic acids is 1. The van der Waals surface area contributed by atoms with Crippen molar-refractivity contribution in [2.75, 3.05) is 13.7 Å². The molecule has 0 aliphatic rings. The minimum absolute atomic E-state index is 0.0674. The molecule has 3 aromatic rings. The van der Waals surface area contributed by atoms with Crippen LogP contribution in [0.5, 0.6) is 11.5 Å². The van der Waals surface area contributed by atoms with Gasteiger partial charge in [-0.1, -0.05) is 17.3 Å². The van der Waals surface area contributed by atoms with Crippen LogP contribution >= 0.6 is 0 Å². The first-order valence-electron chi connectivity index (χ1n) is 8.51. The van der Waals surface area contributed by atoms with Crippen molar-refractivity contribution in [3.63, 3.8) is 0 Å². The Morgan fingerprint density at radius 1 is 1.21 bits per heavy atom. The molecule has 1 aromatic carbocycles. The van der Waals surface area contributed by atoms with Gasteiger partial charge in [-0.15, -0.1) is 0 Å². The van der Waals surface area contributed by atoms with Gasteiger partial charge in [0.15, 0.2) is 6.61 Å². The van der Waals surface area contributed by atoms with E-state index in [1.165, 1.54) is 12.3 Å². The van der Waals surface area contributed by atoms with Crippen molar-refractivity contribution in [1.82, 2.24) is 15.5 Å². The summed E-state index contributed by atoms with van der Waals surface area (Å²) in [6.07, 6.45) is 1.93. The van der Waals surface area contributed by atoms with Gasteiger partial charge in [-0.25, -0.2) is 0 Å². The highest BCUT2D eigenvalue weighted by molar-refractivity contribution is 5.89. The number of nitrogens with one attached hydrogen (secondary N) is 1. The number of amides is 1. The van der Waals surface area contributed by atoms with Crippen LogP contribution in [0, 0.1) is 6.92 Å². The number of hydrogen-bond donors (Lipinski definition) is 1. The topological polar surface area (TPSA) is 117 Å². The Labute approximate surface area is 160 Å². The van der Waals surface area contributed by atoms with Gasteiger partial charge in [0.2, 0.25) is 17.0 Å². The molecule has 0 saturated carbocycles. The molecule has 0 radical (unpaired) electrons. The van der Waals surface area contributed by atoms with E-state index in [2.05, 4.69) is 15.5 Å². The summed E-state index contributed by atoms with van der Waals surface area (Å²) in [6.45, 7) is 1.89. The largest absolute Gasteiger partial charge is 0.497 e. The molecule has 0 saturated heterocycles. The molecule has 0 spiro atoms. The number of rotatable bonds is 8. The minimum atomic E-state index is -0.484. The van der Waals surface area contributed by atoms with Crippen LogP contribution in [0.15, 0.2) is 50.3 Å². The number of hydrogen-bond acceptors (Lipinski definition) is 8. The second kappa shape index (κ2) is 8.85. The monoisotopic (exact) mass is 385 g/mol. The summed E-state index contributed by atoms with van der Waals surface area (Å²) in [4.78, 5) is 27.8. The molecule has 9 nitrogen and oxygen atoms in total. The third-order valence-electron chi connectivity index (χ3n) is 3.87. The highest BCUT2D eigenvalue weighted by atomic mass is 16.5. The van der Waals surface area contributed by atoms with Crippen molar-refractivity contribution in [2.24, 2.45) is 0 Å². The summed E-state index contributed by atoms with van der Waals surface area (Å²) >= 11 is 0. The van der Waals surface area contributed by atoms with Crippen molar-refractivity contribution in [2.45, 2.75) is 20.0 Å². The molecule has 2 aromatic heterocycles. The standard InChI is InChI=1S/C19H19N3O6/c1-12-17(15(23)8-10-26-12)27-11-16-21-19(28-22-16)18(24)20-9-7-13-3-5-14(25-2)6-4-13/h3-6,8,10H,7,9,11H2,1-2H3,(H,20,24). The molecule has 0 aliphatic carbocycles. The maximum atomic E-state index is 12.1. The number of methoxy groups -OCH3 is 1. The van der Waals surface area contributed by atoms with Gasteiger partial charge >= 0.3 is 11.8 Å². The lowest BCUT2D eigenvalue weighted by molar-refractivity contribution is 0.0910. The van der Waals surface area contributed by atoms with Crippen molar-refractivity contribution >= 4 is 5.91 Å². The molecule has 0 aliphatic heterocycles. The third kappa shape index (κ3) is 4.76. The second-order valence-corrected chi connectivity index (χ2v) is 5.83. The average molecular weight is 385 g/mol. The normalized spacial score (nSPS) is 10.5. The SMILES string of the molecule is COc1ccc(CCNC(=O)c2nc(COc3c(C)occc3=O)no2)cc1. The predicted octanol–water partition coefficient (Wildman–Crippen LogP) is 1.89.